The van der Waals surface area contributed by atoms with Crippen LogP contribution in [0.2, 0.25) is 0 Å². The topological polar surface area (TPSA) is 94.6 Å². The molecule has 0 saturated heterocycles. The van der Waals surface area contributed by atoms with E-state index in [0.717, 1.165) is 0 Å². The number of pyridine rings is 1. The van der Waals surface area contributed by atoms with Crippen molar-refractivity contribution < 1.29 is 23.9 Å². The lowest BCUT2D eigenvalue weighted by Crippen LogP contribution is -2.32. The Balaban J connectivity index is 2.81. The van der Waals surface area contributed by atoms with E-state index in [1.165, 1.54) is 19.2 Å². The van der Waals surface area contributed by atoms with Gasteiger partial charge in [0.15, 0.2) is 6.29 Å². The lowest BCUT2D eigenvalue weighted by Gasteiger charge is -2.19. The summed E-state index contributed by atoms with van der Waals surface area (Å²) in [4.78, 5) is 37.8. The molecule has 0 fully saturated rings. The number of aldehydes is 1. The lowest BCUT2D eigenvalue weighted by atomic mass is 10.2. The third kappa shape index (κ3) is 5.60. The molecule has 7 nitrogen and oxygen atoms in total. The summed E-state index contributed by atoms with van der Waals surface area (Å²) in [7, 11) is 1.24. The van der Waals surface area contributed by atoms with Gasteiger partial charge in [0.1, 0.15) is 11.3 Å². The molecule has 1 aromatic heterocycles. The third-order valence-corrected chi connectivity index (χ3v) is 2.25. The van der Waals surface area contributed by atoms with Crippen molar-refractivity contribution in [2.45, 2.75) is 32.9 Å². The number of hydrogen-bond acceptors (Lipinski definition) is 6. The summed E-state index contributed by atoms with van der Waals surface area (Å²) in [6.07, 6.45) is -0.0934. The first-order valence-electron chi connectivity index (χ1n) is 6.26. The largest absolute Gasteiger partial charge is 0.465 e. The van der Waals surface area contributed by atoms with E-state index >= 15 is 0 Å². The Morgan fingerprint density at radius 1 is 1.33 bits per heavy atom. The zero-order valence-electron chi connectivity index (χ0n) is 12.4. The molecular formula is C14H18N2O5. The Morgan fingerprint density at radius 3 is 2.52 bits per heavy atom. The molecule has 1 aromatic rings. The summed E-state index contributed by atoms with van der Waals surface area (Å²) < 4.78 is 9.66. The number of rotatable bonds is 4. The minimum Gasteiger partial charge on any atom is -0.465 e. The molecule has 1 rings (SSSR count). The number of methoxy groups -OCH3 is 1. The van der Waals surface area contributed by atoms with E-state index in [2.05, 4.69) is 15.0 Å². The van der Waals surface area contributed by atoms with E-state index in [1.807, 2.05) is 0 Å². The Kier molecular flexibility index (Phi) is 5.40. The maximum absolute atomic E-state index is 11.5. The van der Waals surface area contributed by atoms with Gasteiger partial charge in [0.05, 0.1) is 24.9 Å². The summed E-state index contributed by atoms with van der Waals surface area (Å²) >= 11 is 0. The number of esters is 1. The van der Waals surface area contributed by atoms with Gasteiger partial charge in [-0.2, -0.15) is 0 Å². The first kappa shape index (κ1) is 16.6. The molecule has 0 saturated carbocycles. The van der Waals surface area contributed by atoms with Crippen LogP contribution in [-0.2, 0) is 16.0 Å². The fourth-order valence-corrected chi connectivity index (χ4v) is 1.47. The van der Waals surface area contributed by atoms with Gasteiger partial charge in [-0.05, 0) is 32.9 Å². The molecule has 1 amide bonds. The molecule has 0 aliphatic carbocycles. The van der Waals surface area contributed by atoms with Gasteiger partial charge < -0.3 is 14.8 Å². The molecule has 0 unspecified atom stereocenters. The summed E-state index contributed by atoms with van der Waals surface area (Å²) in [5.74, 6) is -0.584. The maximum atomic E-state index is 11.5. The van der Waals surface area contributed by atoms with Gasteiger partial charge in [-0.1, -0.05) is 0 Å². The van der Waals surface area contributed by atoms with Crippen molar-refractivity contribution in [1.29, 1.82) is 0 Å². The van der Waals surface area contributed by atoms with Crippen LogP contribution < -0.4 is 5.32 Å². The Hall–Kier alpha value is -2.44. The highest BCUT2D eigenvalue weighted by Gasteiger charge is 2.16. The van der Waals surface area contributed by atoms with E-state index in [-0.39, 0.29) is 17.8 Å². The quantitative estimate of drug-likeness (QED) is 0.671. The average Bonchev–Trinajstić information content (AvgIpc) is 2.42. The molecule has 0 bridgehead atoms. The van der Waals surface area contributed by atoms with Crippen LogP contribution in [-0.4, -0.2) is 36.0 Å². The minimum atomic E-state index is -0.612. The van der Waals surface area contributed by atoms with Crippen molar-refractivity contribution in [3.05, 3.63) is 29.1 Å². The average molecular weight is 294 g/mol. The number of carbonyl (C=O) groups is 3. The smallest absolute Gasteiger partial charge is 0.407 e. The number of hydrogen-bond donors (Lipinski definition) is 1. The number of nitrogens with zero attached hydrogens (tertiary/aromatic N) is 1. The van der Waals surface area contributed by atoms with Gasteiger partial charge in [0.25, 0.3) is 0 Å². The molecule has 7 heteroatoms. The highest BCUT2D eigenvalue weighted by Crippen LogP contribution is 2.09. The van der Waals surface area contributed by atoms with Crippen molar-refractivity contribution in [3.8, 4) is 0 Å². The summed E-state index contributed by atoms with van der Waals surface area (Å²) in [6.45, 7) is 5.26. The molecular weight excluding hydrogens is 276 g/mol. The fraction of sp³-hybridized carbons (Fsp3) is 0.429. The van der Waals surface area contributed by atoms with Crippen LogP contribution in [0.25, 0.3) is 0 Å². The normalized spacial score (nSPS) is 10.7. The van der Waals surface area contributed by atoms with Crippen molar-refractivity contribution >= 4 is 18.3 Å². The molecule has 0 aliphatic rings. The molecule has 1 N–H and O–H groups in total. The first-order valence-corrected chi connectivity index (χ1v) is 6.26. The van der Waals surface area contributed by atoms with Gasteiger partial charge in [0, 0.05) is 0 Å². The number of carbonyl (C=O) groups excluding carboxylic acids is 3. The van der Waals surface area contributed by atoms with Crippen LogP contribution in [0.15, 0.2) is 12.1 Å². The predicted octanol–water partition coefficient (Wildman–Crippen LogP) is 1.71. The molecule has 0 atom stereocenters. The summed E-state index contributed by atoms with van der Waals surface area (Å²) in [5.41, 5.74) is 0.0135. The molecule has 21 heavy (non-hydrogen) atoms. The van der Waals surface area contributed by atoms with Gasteiger partial charge in [-0.15, -0.1) is 0 Å². The van der Waals surface area contributed by atoms with Crippen molar-refractivity contribution in [2.24, 2.45) is 0 Å². The highest BCUT2D eigenvalue weighted by atomic mass is 16.6. The van der Waals surface area contributed by atoms with E-state index < -0.39 is 17.7 Å². The first-order chi connectivity index (χ1) is 9.75. The van der Waals surface area contributed by atoms with Crippen molar-refractivity contribution in [2.75, 3.05) is 7.11 Å². The van der Waals surface area contributed by atoms with Crippen LogP contribution in [0.5, 0.6) is 0 Å². The van der Waals surface area contributed by atoms with Crippen LogP contribution in [0.4, 0.5) is 4.79 Å². The van der Waals surface area contributed by atoms with Crippen LogP contribution >= 0.6 is 0 Å². The standard InChI is InChI=1S/C14H18N2O5/c1-14(2,3)21-13(19)15-7-10-5-9(12(18)20-4)6-11(8-17)16-10/h5-6,8H,7H2,1-4H3,(H,15,19). The number of nitrogens with one attached hydrogen (secondary N) is 1. The summed E-state index contributed by atoms with van der Waals surface area (Å²) in [6, 6.07) is 2.76. The number of amides is 1. The molecule has 0 radical (unpaired) electrons. The number of ether oxygens (including phenoxy) is 2. The minimum absolute atomic E-state index is 0.0284. The van der Waals surface area contributed by atoms with E-state index in [0.29, 0.717) is 12.0 Å². The zero-order valence-corrected chi connectivity index (χ0v) is 12.4. The van der Waals surface area contributed by atoms with Gasteiger partial charge in [0.2, 0.25) is 0 Å². The van der Waals surface area contributed by atoms with E-state index in [1.54, 1.807) is 20.8 Å². The molecule has 0 aromatic carbocycles. The third-order valence-electron chi connectivity index (χ3n) is 2.25. The van der Waals surface area contributed by atoms with Gasteiger partial charge >= 0.3 is 12.1 Å². The summed E-state index contributed by atoms with van der Waals surface area (Å²) in [5, 5.41) is 2.50. The molecule has 0 spiro atoms. The lowest BCUT2D eigenvalue weighted by molar-refractivity contribution is 0.0522. The van der Waals surface area contributed by atoms with Crippen LogP contribution in [0.3, 0.4) is 0 Å². The van der Waals surface area contributed by atoms with E-state index in [9.17, 15) is 14.4 Å². The molecule has 1 heterocycles. The Bertz CT molecular complexity index is 549. The maximum Gasteiger partial charge on any atom is 0.407 e. The van der Waals surface area contributed by atoms with E-state index in [4.69, 9.17) is 4.74 Å². The molecule has 0 aliphatic heterocycles. The number of aromatic nitrogens is 1. The SMILES string of the molecule is COC(=O)c1cc(C=O)nc(CNC(=O)OC(C)(C)C)c1. The second-order valence-corrected chi connectivity index (χ2v) is 5.24. The number of alkyl carbamates (subject to hydrolysis) is 1. The van der Waals surface area contributed by atoms with Crippen molar-refractivity contribution in [3.63, 3.8) is 0 Å². The second-order valence-electron chi connectivity index (χ2n) is 5.24. The van der Waals surface area contributed by atoms with Gasteiger partial charge in [-0.25, -0.2) is 14.6 Å². The van der Waals surface area contributed by atoms with Gasteiger partial charge in [-0.3, -0.25) is 4.79 Å². The fourth-order valence-electron chi connectivity index (χ4n) is 1.47. The van der Waals surface area contributed by atoms with Crippen molar-refractivity contribution in [1.82, 2.24) is 10.3 Å². The zero-order chi connectivity index (χ0) is 16.0. The Morgan fingerprint density at radius 2 is 2.00 bits per heavy atom. The second kappa shape index (κ2) is 6.83. The Labute approximate surface area is 122 Å². The molecule has 114 valence electrons. The van der Waals surface area contributed by atoms with Crippen LogP contribution in [0, 0.1) is 0 Å². The van der Waals surface area contributed by atoms with Crippen LogP contribution in [0.1, 0.15) is 47.3 Å². The highest BCUT2D eigenvalue weighted by molar-refractivity contribution is 5.91. The predicted molar refractivity (Wildman–Crippen MR) is 74.0 cm³/mol. The monoisotopic (exact) mass is 294 g/mol.